The minimum Gasteiger partial charge on any atom is -0.391 e. The number of carbonyl (C=O) groups excluding carboxylic acids is 1. The molecule has 0 aromatic carbocycles. The van der Waals surface area contributed by atoms with Crippen LogP contribution in [0.15, 0.2) is 0 Å². The van der Waals surface area contributed by atoms with E-state index in [0.29, 0.717) is 5.56 Å². The highest BCUT2D eigenvalue weighted by atomic mass is 16.3. The fourth-order valence-corrected chi connectivity index (χ4v) is 2.74. The molecule has 2 unspecified atom stereocenters. The lowest BCUT2D eigenvalue weighted by atomic mass is 9.91. The number of aromatic amines is 1. The van der Waals surface area contributed by atoms with E-state index in [1.165, 1.54) is 0 Å². The molecule has 1 amide bonds. The van der Waals surface area contributed by atoms with Gasteiger partial charge >= 0.3 is 0 Å². The number of hydrogen-bond acceptors (Lipinski definition) is 3. The van der Waals surface area contributed by atoms with Gasteiger partial charge in [0.05, 0.1) is 23.4 Å². The van der Waals surface area contributed by atoms with Crippen LogP contribution in [0, 0.1) is 13.8 Å². The van der Waals surface area contributed by atoms with Gasteiger partial charge in [-0.25, -0.2) is 0 Å². The van der Waals surface area contributed by atoms with Crippen molar-refractivity contribution in [1.82, 2.24) is 15.1 Å². The molecule has 100 valence electrons. The first kappa shape index (κ1) is 13.1. The molecule has 0 bridgehead atoms. The van der Waals surface area contributed by atoms with Crippen molar-refractivity contribution in [3.05, 3.63) is 17.0 Å². The van der Waals surface area contributed by atoms with E-state index in [9.17, 15) is 9.90 Å². The number of aromatic nitrogens is 2. The van der Waals surface area contributed by atoms with Crippen molar-refractivity contribution in [3.8, 4) is 0 Å². The molecule has 1 aromatic rings. The van der Waals surface area contributed by atoms with Crippen molar-refractivity contribution in [2.45, 2.75) is 51.7 Å². The summed E-state index contributed by atoms with van der Waals surface area (Å²) in [6, 6.07) is -0.0695. The van der Waals surface area contributed by atoms with Crippen LogP contribution in [0.1, 0.15) is 47.4 Å². The zero-order valence-electron chi connectivity index (χ0n) is 11.2. The minimum absolute atomic E-state index is 0.0512. The molecule has 1 aliphatic rings. The number of likely N-dealkylation sites (N-methyl/N-ethyl adjacent to an activating group) is 1. The highest BCUT2D eigenvalue weighted by Crippen LogP contribution is 2.24. The van der Waals surface area contributed by atoms with E-state index in [1.807, 2.05) is 13.8 Å². The molecule has 2 N–H and O–H groups in total. The highest BCUT2D eigenvalue weighted by molar-refractivity contribution is 5.96. The molecule has 5 heteroatoms. The Bertz CT molecular complexity index is 422. The van der Waals surface area contributed by atoms with Crippen molar-refractivity contribution < 1.29 is 9.90 Å². The number of aliphatic hydroxyl groups is 1. The predicted octanol–water partition coefficient (Wildman–Crippen LogP) is 1.40. The van der Waals surface area contributed by atoms with E-state index in [-0.39, 0.29) is 11.9 Å². The summed E-state index contributed by atoms with van der Waals surface area (Å²) < 4.78 is 0. The Balaban J connectivity index is 2.18. The number of hydrogen-bond donors (Lipinski definition) is 2. The van der Waals surface area contributed by atoms with Gasteiger partial charge in [-0.3, -0.25) is 9.89 Å². The predicted molar refractivity (Wildman–Crippen MR) is 68.4 cm³/mol. The maximum Gasteiger partial charge on any atom is 0.257 e. The van der Waals surface area contributed by atoms with Gasteiger partial charge in [0.2, 0.25) is 0 Å². The Morgan fingerprint density at radius 2 is 2.06 bits per heavy atom. The summed E-state index contributed by atoms with van der Waals surface area (Å²) in [5.74, 6) is -0.0512. The zero-order chi connectivity index (χ0) is 13.3. The molecule has 2 rings (SSSR count). The minimum atomic E-state index is -0.403. The van der Waals surface area contributed by atoms with Crippen LogP contribution < -0.4 is 0 Å². The number of amides is 1. The largest absolute Gasteiger partial charge is 0.391 e. The molecule has 0 spiro atoms. The van der Waals surface area contributed by atoms with E-state index in [4.69, 9.17) is 0 Å². The average Bonchev–Trinajstić information content (AvgIpc) is 2.68. The van der Waals surface area contributed by atoms with Crippen LogP contribution in [0.2, 0.25) is 0 Å². The van der Waals surface area contributed by atoms with Gasteiger partial charge in [-0.05, 0) is 26.7 Å². The number of nitrogens with one attached hydrogen (secondary N) is 1. The third-order valence-electron chi connectivity index (χ3n) is 3.85. The molecule has 1 saturated carbocycles. The first-order valence-electron chi connectivity index (χ1n) is 6.49. The molecule has 0 radical (unpaired) electrons. The molecule has 1 fully saturated rings. The van der Waals surface area contributed by atoms with Crippen molar-refractivity contribution in [2.75, 3.05) is 7.05 Å². The quantitative estimate of drug-likeness (QED) is 0.834. The topological polar surface area (TPSA) is 69.2 Å². The summed E-state index contributed by atoms with van der Waals surface area (Å²) in [5, 5.41) is 16.9. The lowest BCUT2D eigenvalue weighted by Gasteiger charge is -2.35. The van der Waals surface area contributed by atoms with Crippen LogP contribution >= 0.6 is 0 Å². The number of H-pyrrole nitrogens is 1. The molecule has 1 aliphatic carbocycles. The fraction of sp³-hybridized carbons (Fsp3) is 0.692. The molecule has 2 atom stereocenters. The second kappa shape index (κ2) is 5.10. The summed E-state index contributed by atoms with van der Waals surface area (Å²) in [5.41, 5.74) is 2.14. The van der Waals surface area contributed by atoms with E-state index < -0.39 is 6.10 Å². The van der Waals surface area contributed by atoms with E-state index in [2.05, 4.69) is 10.2 Å². The van der Waals surface area contributed by atoms with Crippen molar-refractivity contribution in [3.63, 3.8) is 0 Å². The number of carbonyl (C=O) groups is 1. The Hall–Kier alpha value is -1.36. The standard InChI is InChI=1S/C13H21N3O2/c1-8-12(9(2)15-14-8)13(18)16(3)10-6-4-5-7-11(10)17/h10-11,17H,4-7H2,1-3H3,(H,14,15). The van der Waals surface area contributed by atoms with E-state index in [1.54, 1.807) is 11.9 Å². The monoisotopic (exact) mass is 251 g/mol. The highest BCUT2D eigenvalue weighted by Gasteiger charge is 2.31. The van der Waals surface area contributed by atoms with Crippen LogP contribution in [-0.4, -0.2) is 45.3 Å². The Kier molecular flexibility index (Phi) is 3.71. The van der Waals surface area contributed by atoms with Crippen LogP contribution in [0.4, 0.5) is 0 Å². The summed E-state index contributed by atoms with van der Waals surface area (Å²) in [6.07, 6.45) is 3.37. The maximum absolute atomic E-state index is 12.4. The van der Waals surface area contributed by atoms with Gasteiger partial charge in [0.15, 0.2) is 0 Å². The molecular formula is C13H21N3O2. The molecule has 18 heavy (non-hydrogen) atoms. The van der Waals surface area contributed by atoms with E-state index in [0.717, 1.165) is 37.1 Å². The summed E-state index contributed by atoms with van der Waals surface area (Å²) >= 11 is 0. The van der Waals surface area contributed by atoms with E-state index >= 15 is 0 Å². The summed E-state index contributed by atoms with van der Waals surface area (Å²) in [4.78, 5) is 14.1. The number of nitrogens with zero attached hydrogens (tertiary/aromatic N) is 2. The molecule has 1 aromatic heterocycles. The second-order valence-electron chi connectivity index (χ2n) is 5.14. The zero-order valence-corrected chi connectivity index (χ0v) is 11.2. The third-order valence-corrected chi connectivity index (χ3v) is 3.85. The molecule has 5 nitrogen and oxygen atoms in total. The molecular weight excluding hydrogens is 230 g/mol. The van der Waals surface area contributed by atoms with Gasteiger partial charge in [0, 0.05) is 12.7 Å². The number of rotatable bonds is 2. The lowest BCUT2D eigenvalue weighted by Crippen LogP contribution is -2.46. The molecule has 0 aliphatic heterocycles. The Morgan fingerprint density at radius 3 is 2.61 bits per heavy atom. The fourth-order valence-electron chi connectivity index (χ4n) is 2.74. The van der Waals surface area contributed by atoms with Crippen molar-refractivity contribution in [2.24, 2.45) is 0 Å². The van der Waals surface area contributed by atoms with Crippen LogP contribution in [0.5, 0.6) is 0 Å². The third kappa shape index (κ3) is 2.27. The summed E-state index contributed by atoms with van der Waals surface area (Å²) in [7, 11) is 1.77. The van der Waals surface area contributed by atoms with Crippen LogP contribution in [0.3, 0.4) is 0 Å². The van der Waals surface area contributed by atoms with Crippen molar-refractivity contribution in [1.29, 1.82) is 0 Å². The molecule has 0 saturated heterocycles. The van der Waals surface area contributed by atoms with Gasteiger partial charge in [-0.2, -0.15) is 5.10 Å². The molecule has 1 heterocycles. The van der Waals surface area contributed by atoms with Gasteiger partial charge in [-0.1, -0.05) is 12.8 Å². The van der Waals surface area contributed by atoms with Gasteiger partial charge in [-0.15, -0.1) is 0 Å². The smallest absolute Gasteiger partial charge is 0.257 e. The first-order chi connectivity index (χ1) is 8.52. The normalized spacial score (nSPS) is 24.0. The second-order valence-corrected chi connectivity index (χ2v) is 5.14. The summed E-state index contributed by atoms with van der Waals surface area (Å²) in [6.45, 7) is 3.67. The van der Waals surface area contributed by atoms with Gasteiger partial charge in [0.25, 0.3) is 5.91 Å². The lowest BCUT2D eigenvalue weighted by molar-refractivity contribution is 0.0267. The van der Waals surface area contributed by atoms with Gasteiger partial charge < -0.3 is 10.0 Å². The Morgan fingerprint density at radius 1 is 1.39 bits per heavy atom. The van der Waals surface area contributed by atoms with Crippen molar-refractivity contribution >= 4 is 5.91 Å². The van der Waals surface area contributed by atoms with Gasteiger partial charge in [0.1, 0.15) is 0 Å². The number of aryl methyl sites for hydroxylation is 2. The Labute approximate surface area is 107 Å². The van der Waals surface area contributed by atoms with Crippen LogP contribution in [0.25, 0.3) is 0 Å². The first-order valence-corrected chi connectivity index (χ1v) is 6.49. The maximum atomic E-state index is 12.4. The number of aliphatic hydroxyl groups excluding tert-OH is 1. The average molecular weight is 251 g/mol. The SMILES string of the molecule is Cc1n[nH]c(C)c1C(=O)N(C)C1CCCCC1O. The van der Waals surface area contributed by atoms with Crippen LogP contribution in [-0.2, 0) is 0 Å².